The molecule has 6 nitrogen and oxygen atoms in total. The molecule has 7 heteroatoms. The van der Waals surface area contributed by atoms with Crippen LogP contribution < -0.4 is 0 Å². The molecule has 128 valence electrons. The summed E-state index contributed by atoms with van der Waals surface area (Å²) in [5.74, 6) is 0.465. The number of carbonyl (C=O) groups excluding carboxylic acids is 1. The molecular formula is C18H17N3O3S. The molecule has 1 atom stereocenters. The summed E-state index contributed by atoms with van der Waals surface area (Å²) >= 11 is 1.57. The van der Waals surface area contributed by atoms with Gasteiger partial charge in [-0.15, -0.1) is 11.3 Å². The van der Waals surface area contributed by atoms with E-state index in [-0.39, 0.29) is 11.9 Å². The Hall–Kier alpha value is -2.51. The molecule has 25 heavy (non-hydrogen) atoms. The minimum Gasteiger partial charge on any atom is -0.377 e. The Morgan fingerprint density at radius 2 is 2.16 bits per heavy atom. The van der Waals surface area contributed by atoms with Crippen molar-refractivity contribution in [3.63, 3.8) is 0 Å². The Kier molecular flexibility index (Phi) is 4.33. The fourth-order valence-corrected chi connectivity index (χ4v) is 3.73. The predicted molar refractivity (Wildman–Crippen MR) is 93.4 cm³/mol. The number of nitrogens with zero attached hydrogens (tertiary/aromatic N) is 3. The molecule has 3 heterocycles. The number of rotatable bonds is 3. The Bertz CT molecular complexity index is 875. The molecule has 2 aromatic heterocycles. The summed E-state index contributed by atoms with van der Waals surface area (Å²) in [6.07, 6.45) is 0. The molecular weight excluding hydrogens is 338 g/mol. The first-order valence-corrected chi connectivity index (χ1v) is 8.93. The Morgan fingerprint density at radius 1 is 1.32 bits per heavy atom. The van der Waals surface area contributed by atoms with E-state index < -0.39 is 0 Å². The van der Waals surface area contributed by atoms with Gasteiger partial charge in [-0.25, -0.2) is 4.98 Å². The molecule has 0 spiro atoms. The first-order valence-electron chi connectivity index (χ1n) is 8.05. The Labute approximate surface area is 149 Å². The highest BCUT2D eigenvalue weighted by atomic mass is 32.1. The topological polar surface area (TPSA) is 68.5 Å². The van der Waals surface area contributed by atoms with Crippen LogP contribution in [0.25, 0.3) is 10.6 Å². The van der Waals surface area contributed by atoms with Crippen LogP contribution in [-0.4, -0.2) is 40.7 Å². The minimum absolute atomic E-state index is 0.153. The minimum atomic E-state index is -0.216. The summed E-state index contributed by atoms with van der Waals surface area (Å²) in [7, 11) is 0. The zero-order valence-corrected chi connectivity index (χ0v) is 14.5. The maximum absolute atomic E-state index is 12.8. The van der Waals surface area contributed by atoms with Gasteiger partial charge in [-0.2, -0.15) is 0 Å². The maximum atomic E-state index is 12.8. The Morgan fingerprint density at radius 3 is 2.92 bits per heavy atom. The lowest BCUT2D eigenvalue weighted by molar-refractivity contribution is -0.00421. The SMILES string of the molecule is Cc1cc(C(=O)N2CCOCC2c2csc(-c3ccccc3)n2)no1. The second-order valence-corrected chi connectivity index (χ2v) is 6.71. The molecule has 1 amide bonds. The fourth-order valence-electron chi connectivity index (χ4n) is 2.86. The molecule has 3 aromatic rings. The summed E-state index contributed by atoms with van der Waals surface area (Å²) < 4.78 is 10.6. The van der Waals surface area contributed by atoms with Gasteiger partial charge in [-0.05, 0) is 6.92 Å². The van der Waals surface area contributed by atoms with Crippen LogP contribution in [0.15, 0.2) is 46.3 Å². The number of amides is 1. The van der Waals surface area contributed by atoms with Gasteiger partial charge >= 0.3 is 0 Å². The van der Waals surface area contributed by atoms with Gasteiger partial charge in [0.2, 0.25) is 0 Å². The van der Waals surface area contributed by atoms with Crippen LogP contribution in [-0.2, 0) is 4.74 Å². The zero-order chi connectivity index (χ0) is 17.2. The standard InChI is InChI=1S/C18H17N3O3S/c1-12-9-14(20-24-12)18(22)21-7-8-23-10-16(21)15-11-25-17(19-15)13-5-3-2-4-6-13/h2-6,9,11,16H,7-8,10H2,1H3. The highest BCUT2D eigenvalue weighted by Crippen LogP contribution is 2.31. The van der Waals surface area contributed by atoms with Crippen LogP contribution in [0, 0.1) is 6.92 Å². The van der Waals surface area contributed by atoms with E-state index in [1.54, 1.807) is 29.2 Å². The van der Waals surface area contributed by atoms with Crippen molar-refractivity contribution in [3.05, 3.63) is 58.9 Å². The first-order chi connectivity index (χ1) is 12.2. The quantitative estimate of drug-likeness (QED) is 0.721. The molecule has 0 bridgehead atoms. The second kappa shape index (κ2) is 6.78. The smallest absolute Gasteiger partial charge is 0.276 e. The van der Waals surface area contributed by atoms with Gasteiger partial charge in [0.15, 0.2) is 5.69 Å². The van der Waals surface area contributed by atoms with Crippen molar-refractivity contribution in [2.75, 3.05) is 19.8 Å². The summed E-state index contributed by atoms with van der Waals surface area (Å²) in [5.41, 5.74) is 2.24. The summed E-state index contributed by atoms with van der Waals surface area (Å²) in [5, 5.41) is 6.78. The number of aromatic nitrogens is 2. The summed E-state index contributed by atoms with van der Waals surface area (Å²) in [6, 6.07) is 11.5. The predicted octanol–water partition coefficient (Wildman–Crippen LogP) is 3.32. The number of aryl methyl sites for hydroxylation is 1. The molecule has 1 aromatic carbocycles. The van der Waals surface area contributed by atoms with E-state index in [1.165, 1.54) is 0 Å². The largest absolute Gasteiger partial charge is 0.377 e. The van der Waals surface area contributed by atoms with E-state index in [4.69, 9.17) is 14.2 Å². The van der Waals surface area contributed by atoms with E-state index >= 15 is 0 Å². The number of benzene rings is 1. The number of ether oxygens (including phenoxy) is 1. The van der Waals surface area contributed by atoms with Gasteiger partial charge in [0, 0.05) is 23.6 Å². The molecule has 1 unspecified atom stereocenters. The van der Waals surface area contributed by atoms with Crippen LogP contribution in [0.4, 0.5) is 0 Å². The lowest BCUT2D eigenvalue weighted by Crippen LogP contribution is -2.43. The number of thiazole rings is 1. The molecule has 4 rings (SSSR count). The van der Waals surface area contributed by atoms with Crippen LogP contribution in [0.2, 0.25) is 0 Å². The molecule has 1 saturated heterocycles. The van der Waals surface area contributed by atoms with Crippen molar-refractivity contribution < 1.29 is 14.1 Å². The van der Waals surface area contributed by atoms with Crippen molar-refractivity contribution in [1.29, 1.82) is 0 Å². The Balaban J connectivity index is 1.61. The normalized spacial score (nSPS) is 17.6. The van der Waals surface area contributed by atoms with Crippen LogP contribution in [0.1, 0.15) is 28.0 Å². The summed E-state index contributed by atoms with van der Waals surface area (Å²) in [6.45, 7) is 3.22. The molecule has 0 saturated carbocycles. The first kappa shape index (κ1) is 16.0. The van der Waals surface area contributed by atoms with E-state index in [1.807, 2.05) is 35.7 Å². The van der Waals surface area contributed by atoms with Crippen molar-refractivity contribution in [2.45, 2.75) is 13.0 Å². The van der Waals surface area contributed by atoms with Gasteiger partial charge < -0.3 is 14.2 Å². The van der Waals surface area contributed by atoms with Crippen LogP contribution in [0.5, 0.6) is 0 Å². The number of hydrogen-bond acceptors (Lipinski definition) is 6. The average Bonchev–Trinajstić information content (AvgIpc) is 3.31. The number of carbonyl (C=O) groups is 1. The van der Waals surface area contributed by atoms with E-state index in [2.05, 4.69) is 5.16 Å². The monoisotopic (exact) mass is 355 g/mol. The average molecular weight is 355 g/mol. The number of morpholine rings is 1. The molecule has 1 aliphatic heterocycles. The number of hydrogen-bond donors (Lipinski definition) is 0. The molecule has 1 aliphatic rings. The van der Waals surface area contributed by atoms with E-state index in [0.29, 0.717) is 31.2 Å². The van der Waals surface area contributed by atoms with Gasteiger partial charge in [-0.1, -0.05) is 35.5 Å². The highest BCUT2D eigenvalue weighted by Gasteiger charge is 2.32. The van der Waals surface area contributed by atoms with Crippen molar-refractivity contribution in [3.8, 4) is 10.6 Å². The van der Waals surface area contributed by atoms with Gasteiger partial charge in [0.25, 0.3) is 5.91 Å². The summed E-state index contributed by atoms with van der Waals surface area (Å²) in [4.78, 5) is 19.3. The molecule has 0 aliphatic carbocycles. The van der Waals surface area contributed by atoms with Gasteiger partial charge in [0.1, 0.15) is 10.8 Å². The van der Waals surface area contributed by atoms with E-state index in [0.717, 1.165) is 16.3 Å². The van der Waals surface area contributed by atoms with Crippen molar-refractivity contribution >= 4 is 17.2 Å². The lowest BCUT2D eigenvalue weighted by atomic mass is 10.1. The third kappa shape index (κ3) is 3.20. The lowest BCUT2D eigenvalue weighted by Gasteiger charge is -2.34. The molecule has 1 fully saturated rings. The highest BCUT2D eigenvalue weighted by molar-refractivity contribution is 7.13. The zero-order valence-electron chi connectivity index (χ0n) is 13.7. The third-order valence-corrected chi connectivity index (χ3v) is 5.03. The molecule has 0 radical (unpaired) electrons. The van der Waals surface area contributed by atoms with Crippen LogP contribution in [0.3, 0.4) is 0 Å². The van der Waals surface area contributed by atoms with Crippen LogP contribution >= 0.6 is 11.3 Å². The maximum Gasteiger partial charge on any atom is 0.276 e. The van der Waals surface area contributed by atoms with Gasteiger partial charge in [-0.3, -0.25) is 4.79 Å². The second-order valence-electron chi connectivity index (χ2n) is 5.86. The van der Waals surface area contributed by atoms with E-state index in [9.17, 15) is 4.79 Å². The van der Waals surface area contributed by atoms with Crippen molar-refractivity contribution in [2.24, 2.45) is 0 Å². The third-order valence-electron chi connectivity index (χ3n) is 4.12. The fraction of sp³-hybridized carbons (Fsp3) is 0.278. The van der Waals surface area contributed by atoms with Crippen molar-refractivity contribution in [1.82, 2.24) is 15.0 Å². The van der Waals surface area contributed by atoms with Gasteiger partial charge in [0.05, 0.1) is 24.9 Å². The molecule has 0 N–H and O–H groups in total.